The smallest absolute Gasteiger partial charge is 0.280 e. The minimum Gasteiger partial charge on any atom is -0.370 e. The molecule has 0 fully saturated rings. The highest BCUT2D eigenvalue weighted by atomic mass is 19.1. The fraction of sp³-hybridized carbons (Fsp3) is 0.105. The number of fused-ring (bicyclic) bond motifs is 1. The van der Waals surface area contributed by atoms with Gasteiger partial charge in [0.05, 0.1) is 6.57 Å². The van der Waals surface area contributed by atoms with Crippen LogP contribution in [0.15, 0.2) is 47.5 Å². The standard InChI is InChI=1S/C19H15FN4O/c1-23-17-14(6-3-7-16(17)20)13-5-2-4-11-8-9-12(10-15(11)13)18(25)24-19(21)22/h3,5-10H,2,4H2,(H4,21,22,24,25). The van der Waals surface area contributed by atoms with Gasteiger partial charge in [-0.15, -0.1) is 0 Å². The molecule has 124 valence electrons. The van der Waals surface area contributed by atoms with Crippen molar-refractivity contribution in [2.24, 2.45) is 16.5 Å². The molecule has 0 radical (unpaired) electrons. The maximum Gasteiger partial charge on any atom is 0.280 e. The third-order valence-corrected chi connectivity index (χ3v) is 4.03. The first kappa shape index (κ1) is 16.4. The number of rotatable bonds is 2. The number of nitrogens with zero attached hydrogens (tertiary/aromatic N) is 2. The second-order valence-electron chi connectivity index (χ2n) is 5.62. The molecule has 0 spiro atoms. The number of aryl methyl sites for hydroxylation is 1. The predicted molar refractivity (Wildman–Crippen MR) is 94.6 cm³/mol. The van der Waals surface area contributed by atoms with Crippen LogP contribution in [-0.4, -0.2) is 11.9 Å². The average molecular weight is 334 g/mol. The van der Waals surface area contributed by atoms with Gasteiger partial charge in [0.2, 0.25) is 5.69 Å². The Morgan fingerprint density at radius 3 is 2.72 bits per heavy atom. The Bertz CT molecular complexity index is 966. The highest BCUT2D eigenvalue weighted by molar-refractivity contribution is 6.03. The fourth-order valence-corrected chi connectivity index (χ4v) is 2.94. The number of carbonyl (C=O) groups excluding carboxylic acids is 1. The number of hydrogen-bond acceptors (Lipinski definition) is 1. The van der Waals surface area contributed by atoms with E-state index in [2.05, 4.69) is 9.84 Å². The number of halogens is 1. The first-order chi connectivity index (χ1) is 12.0. The lowest BCUT2D eigenvalue weighted by Crippen LogP contribution is -2.24. The van der Waals surface area contributed by atoms with Crippen LogP contribution < -0.4 is 11.5 Å². The van der Waals surface area contributed by atoms with Crippen LogP contribution in [0, 0.1) is 12.4 Å². The summed E-state index contributed by atoms with van der Waals surface area (Å²) < 4.78 is 14.0. The van der Waals surface area contributed by atoms with Gasteiger partial charge in [-0.2, -0.15) is 4.99 Å². The topological polar surface area (TPSA) is 85.8 Å². The van der Waals surface area contributed by atoms with E-state index in [0.717, 1.165) is 29.5 Å². The minimum absolute atomic E-state index is 0.0254. The maximum atomic E-state index is 14.0. The minimum atomic E-state index is -0.562. The van der Waals surface area contributed by atoms with Crippen LogP contribution in [0.1, 0.15) is 33.5 Å². The number of guanidine groups is 1. The lowest BCUT2D eigenvalue weighted by Gasteiger charge is -2.20. The summed E-state index contributed by atoms with van der Waals surface area (Å²) >= 11 is 0. The number of benzene rings is 2. The van der Waals surface area contributed by atoms with Gasteiger partial charge in [-0.1, -0.05) is 24.3 Å². The van der Waals surface area contributed by atoms with E-state index < -0.39 is 11.7 Å². The van der Waals surface area contributed by atoms with Gasteiger partial charge in [0.1, 0.15) is 5.82 Å². The SMILES string of the molecule is [C-]#[N+]c1c(F)cccc1C1=CCCc2ccc(C(=O)N=C(N)N)cc21. The molecule has 0 saturated carbocycles. The zero-order valence-electron chi connectivity index (χ0n) is 13.3. The van der Waals surface area contributed by atoms with Gasteiger partial charge in [0, 0.05) is 5.56 Å². The summed E-state index contributed by atoms with van der Waals surface area (Å²) in [5.41, 5.74) is 13.9. The average Bonchev–Trinajstić information content (AvgIpc) is 2.60. The van der Waals surface area contributed by atoms with Gasteiger partial charge in [-0.25, -0.2) is 9.24 Å². The largest absolute Gasteiger partial charge is 0.370 e. The van der Waals surface area contributed by atoms with Crippen molar-refractivity contribution in [2.45, 2.75) is 12.8 Å². The van der Waals surface area contributed by atoms with Crippen molar-refractivity contribution < 1.29 is 9.18 Å². The lowest BCUT2D eigenvalue weighted by molar-refractivity contribution is 0.100. The van der Waals surface area contributed by atoms with Crippen LogP contribution in [0.3, 0.4) is 0 Å². The second kappa shape index (κ2) is 6.57. The number of nitrogens with two attached hydrogens (primary N) is 2. The summed E-state index contributed by atoms with van der Waals surface area (Å²) in [6, 6.07) is 9.74. The zero-order valence-corrected chi connectivity index (χ0v) is 13.3. The van der Waals surface area contributed by atoms with Gasteiger partial charge in [-0.3, -0.25) is 4.79 Å². The zero-order chi connectivity index (χ0) is 18.0. The molecule has 0 heterocycles. The number of hydrogen-bond donors (Lipinski definition) is 2. The second-order valence-corrected chi connectivity index (χ2v) is 5.62. The summed E-state index contributed by atoms with van der Waals surface area (Å²) in [7, 11) is 0. The quantitative estimate of drug-likeness (QED) is 0.502. The van der Waals surface area contributed by atoms with Crippen LogP contribution in [0.5, 0.6) is 0 Å². The van der Waals surface area contributed by atoms with Crippen LogP contribution >= 0.6 is 0 Å². The van der Waals surface area contributed by atoms with Gasteiger partial charge in [0.15, 0.2) is 5.96 Å². The molecular formula is C19H15FN4O. The highest BCUT2D eigenvalue weighted by Gasteiger charge is 2.20. The molecule has 0 unspecified atom stereocenters. The molecular weight excluding hydrogens is 319 g/mol. The third-order valence-electron chi connectivity index (χ3n) is 4.03. The molecule has 6 heteroatoms. The molecule has 0 atom stereocenters. The van der Waals surface area contributed by atoms with Gasteiger partial charge < -0.3 is 11.5 Å². The molecule has 0 bridgehead atoms. The Morgan fingerprint density at radius 1 is 1.20 bits per heavy atom. The number of aliphatic imine (C=N–C) groups is 1. The van der Waals surface area contributed by atoms with E-state index in [1.165, 1.54) is 6.07 Å². The Kier molecular flexibility index (Phi) is 4.31. The molecule has 2 aromatic carbocycles. The van der Waals surface area contributed by atoms with Crippen LogP contribution in [0.2, 0.25) is 0 Å². The first-order valence-corrected chi connectivity index (χ1v) is 7.65. The van der Waals surface area contributed by atoms with E-state index in [1.807, 2.05) is 12.1 Å². The summed E-state index contributed by atoms with van der Waals surface area (Å²) in [4.78, 5) is 19.0. The molecule has 4 N–H and O–H groups in total. The molecule has 1 amide bonds. The van der Waals surface area contributed by atoms with E-state index in [-0.39, 0.29) is 11.6 Å². The van der Waals surface area contributed by atoms with Crippen LogP contribution in [-0.2, 0) is 6.42 Å². The van der Waals surface area contributed by atoms with Crippen molar-refractivity contribution in [2.75, 3.05) is 0 Å². The van der Waals surface area contributed by atoms with Gasteiger partial charge >= 0.3 is 0 Å². The van der Waals surface area contributed by atoms with E-state index in [9.17, 15) is 9.18 Å². The number of allylic oxidation sites excluding steroid dienone is 1. The van der Waals surface area contributed by atoms with E-state index in [4.69, 9.17) is 18.0 Å². The Morgan fingerprint density at radius 2 is 2.00 bits per heavy atom. The molecule has 25 heavy (non-hydrogen) atoms. The Balaban J connectivity index is 2.14. The van der Waals surface area contributed by atoms with Crippen LogP contribution in [0.25, 0.3) is 10.4 Å². The summed E-state index contributed by atoms with van der Waals surface area (Å²) in [5, 5.41) is 0. The lowest BCUT2D eigenvalue weighted by atomic mass is 9.85. The normalized spacial score (nSPS) is 12.6. The molecule has 3 rings (SSSR count). The third kappa shape index (κ3) is 3.12. The highest BCUT2D eigenvalue weighted by Crippen LogP contribution is 2.38. The number of para-hydroxylation sites is 1. The Hall–Kier alpha value is -3.46. The molecule has 5 nitrogen and oxygen atoms in total. The molecule has 0 saturated heterocycles. The number of carbonyl (C=O) groups is 1. The maximum absolute atomic E-state index is 14.0. The molecule has 1 aliphatic carbocycles. The fourth-order valence-electron chi connectivity index (χ4n) is 2.94. The summed E-state index contributed by atoms with van der Waals surface area (Å²) in [6.45, 7) is 7.27. The van der Waals surface area contributed by atoms with Crippen molar-refractivity contribution in [3.05, 3.63) is 82.0 Å². The first-order valence-electron chi connectivity index (χ1n) is 7.65. The van der Waals surface area contributed by atoms with E-state index in [1.54, 1.807) is 24.3 Å². The molecule has 0 aliphatic heterocycles. The number of amides is 1. The van der Waals surface area contributed by atoms with Crippen molar-refractivity contribution >= 4 is 23.1 Å². The molecule has 1 aliphatic rings. The molecule has 0 aromatic heterocycles. The molecule has 2 aromatic rings. The van der Waals surface area contributed by atoms with E-state index >= 15 is 0 Å². The van der Waals surface area contributed by atoms with Crippen molar-refractivity contribution in [1.29, 1.82) is 0 Å². The van der Waals surface area contributed by atoms with Crippen LogP contribution in [0.4, 0.5) is 10.1 Å². The summed E-state index contributed by atoms with van der Waals surface area (Å²) in [5.74, 6) is -1.41. The summed E-state index contributed by atoms with van der Waals surface area (Å²) in [6.07, 6.45) is 3.54. The van der Waals surface area contributed by atoms with Crippen molar-refractivity contribution in [1.82, 2.24) is 0 Å². The van der Waals surface area contributed by atoms with Crippen molar-refractivity contribution in [3.8, 4) is 0 Å². The van der Waals surface area contributed by atoms with Gasteiger partial charge in [0.25, 0.3) is 5.91 Å². The monoisotopic (exact) mass is 334 g/mol. The van der Waals surface area contributed by atoms with E-state index in [0.29, 0.717) is 11.1 Å². The van der Waals surface area contributed by atoms with Crippen molar-refractivity contribution in [3.63, 3.8) is 0 Å². The van der Waals surface area contributed by atoms with Gasteiger partial charge in [-0.05, 0) is 53.3 Å². The Labute approximate surface area is 144 Å². The predicted octanol–water partition coefficient (Wildman–Crippen LogP) is 3.17.